The molecular formula is C11H20N2S. The summed E-state index contributed by atoms with van der Waals surface area (Å²) in [5.41, 5.74) is 5.83. The smallest absolute Gasteiger partial charge is 0.0324 e. The Hall–Kier alpha value is -0.380. The second-order valence-corrected chi connectivity index (χ2v) is 5.14. The van der Waals surface area contributed by atoms with Crippen molar-refractivity contribution in [1.82, 2.24) is 4.90 Å². The minimum Gasteiger partial charge on any atom is -0.328 e. The van der Waals surface area contributed by atoms with Crippen molar-refractivity contribution < 1.29 is 0 Å². The average molecular weight is 212 g/mol. The van der Waals surface area contributed by atoms with Gasteiger partial charge in [0, 0.05) is 24.0 Å². The zero-order valence-electron chi connectivity index (χ0n) is 9.23. The third-order valence-electron chi connectivity index (χ3n) is 2.50. The molecule has 0 aliphatic rings. The molecule has 3 heteroatoms. The fraction of sp³-hybridized carbons (Fsp3) is 0.636. The van der Waals surface area contributed by atoms with E-state index in [0.717, 1.165) is 13.1 Å². The van der Waals surface area contributed by atoms with Crippen molar-refractivity contribution in [3.63, 3.8) is 0 Å². The highest BCUT2D eigenvalue weighted by Crippen LogP contribution is 2.12. The molecule has 0 aromatic carbocycles. The van der Waals surface area contributed by atoms with Gasteiger partial charge in [-0.1, -0.05) is 13.0 Å². The van der Waals surface area contributed by atoms with Gasteiger partial charge in [0.05, 0.1) is 0 Å². The lowest BCUT2D eigenvalue weighted by Gasteiger charge is -2.23. The zero-order chi connectivity index (χ0) is 10.6. The molecule has 0 radical (unpaired) electrons. The Labute approximate surface area is 90.7 Å². The minimum atomic E-state index is 0.279. The molecule has 0 saturated heterocycles. The largest absolute Gasteiger partial charge is 0.328 e. The number of rotatable bonds is 5. The SMILES string of the molecule is CC(N)C(C)CN(C)Cc1cccs1. The molecule has 1 rings (SSSR count). The minimum absolute atomic E-state index is 0.279. The summed E-state index contributed by atoms with van der Waals surface area (Å²) in [6, 6.07) is 4.56. The van der Waals surface area contributed by atoms with E-state index in [2.05, 4.69) is 43.3 Å². The summed E-state index contributed by atoms with van der Waals surface area (Å²) < 4.78 is 0. The summed E-state index contributed by atoms with van der Waals surface area (Å²) >= 11 is 1.81. The molecule has 1 heterocycles. The lowest BCUT2D eigenvalue weighted by molar-refractivity contribution is 0.264. The molecule has 1 aromatic rings. The van der Waals surface area contributed by atoms with Gasteiger partial charge in [-0.2, -0.15) is 0 Å². The number of nitrogens with two attached hydrogens (primary N) is 1. The Morgan fingerprint density at radius 3 is 2.71 bits per heavy atom. The van der Waals surface area contributed by atoms with E-state index >= 15 is 0 Å². The highest BCUT2D eigenvalue weighted by molar-refractivity contribution is 7.09. The lowest BCUT2D eigenvalue weighted by atomic mass is 10.0. The van der Waals surface area contributed by atoms with Crippen molar-refractivity contribution in [3.8, 4) is 0 Å². The average Bonchev–Trinajstić information content (AvgIpc) is 2.56. The van der Waals surface area contributed by atoms with E-state index in [9.17, 15) is 0 Å². The van der Waals surface area contributed by atoms with Crippen molar-refractivity contribution in [1.29, 1.82) is 0 Å². The summed E-state index contributed by atoms with van der Waals surface area (Å²) in [6.07, 6.45) is 0. The molecule has 2 unspecified atom stereocenters. The fourth-order valence-corrected chi connectivity index (χ4v) is 2.17. The van der Waals surface area contributed by atoms with E-state index < -0.39 is 0 Å². The summed E-state index contributed by atoms with van der Waals surface area (Å²) in [6.45, 7) is 6.38. The molecule has 0 bridgehead atoms. The van der Waals surface area contributed by atoms with Crippen LogP contribution in [0, 0.1) is 5.92 Å². The molecule has 0 saturated carbocycles. The van der Waals surface area contributed by atoms with Crippen molar-refractivity contribution in [2.24, 2.45) is 11.7 Å². The molecule has 80 valence electrons. The van der Waals surface area contributed by atoms with Gasteiger partial charge in [0.25, 0.3) is 0 Å². The first-order valence-electron chi connectivity index (χ1n) is 5.06. The first kappa shape index (κ1) is 11.7. The predicted molar refractivity (Wildman–Crippen MR) is 63.5 cm³/mol. The molecular weight excluding hydrogens is 192 g/mol. The van der Waals surface area contributed by atoms with Gasteiger partial charge in [0.2, 0.25) is 0 Å². The Kier molecular flexibility index (Phi) is 4.58. The van der Waals surface area contributed by atoms with E-state index in [1.54, 1.807) is 0 Å². The van der Waals surface area contributed by atoms with Gasteiger partial charge in [-0.3, -0.25) is 0 Å². The van der Waals surface area contributed by atoms with Crippen LogP contribution in [-0.2, 0) is 6.54 Å². The van der Waals surface area contributed by atoms with E-state index in [1.807, 2.05) is 11.3 Å². The number of hydrogen-bond donors (Lipinski definition) is 1. The molecule has 2 nitrogen and oxygen atoms in total. The molecule has 14 heavy (non-hydrogen) atoms. The van der Waals surface area contributed by atoms with Gasteiger partial charge in [-0.05, 0) is 31.3 Å². The van der Waals surface area contributed by atoms with Gasteiger partial charge in [-0.25, -0.2) is 0 Å². The van der Waals surface area contributed by atoms with Crippen LogP contribution in [-0.4, -0.2) is 24.5 Å². The number of thiophene rings is 1. The normalized spacial score (nSPS) is 15.8. The standard InChI is InChI=1S/C11H20N2S/c1-9(10(2)12)7-13(3)8-11-5-4-6-14-11/h4-6,9-10H,7-8,12H2,1-3H3. The van der Waals surface area contributed by atoms with Crippen LogP contribution in [0.4, 0.5) is 0 Å². The second kappa shape index (κ2) is 5.49. The van der Waals surface area contributed by atoms with E-state index in [4.69, 9.17) is 5.73 Å². The van der Waals surface area contributed by atoms with Crippen LogP contribution < -0.4 is 5.73 Å². The second-order valence-electron chi connectivity index (χ2n) is 4.11. The quantitative estimate of drug-likeness (QED) is 0.810. The topological polar surface area (TPSA) is 29.3 Å². The van der Waals surface area contributed by atoms with Crippen LogP contribution in [0.15, 0.2) is 17.5 Å². The fourth-order valence-electron chi connectivity index (χ4n) is 1.39. The Balaban J connectivity index is 2.32. The van der Waals surface area contributed by atoms with Crippen LogP contribution in [0.1, 0.15) is 18.7 Å². The van der Waals surface area contributed by atoms with Crippen LogP contribution in [0.5, 0.6) is 0 Å². The molecule has 0 aliphatic carbocycles. The van der Waals surface area contributed by atoms with Gasteiger partial charge in [0.1, 0.15) is 0 Å². The summed E-state index contributed by atoms with van der Waals surface area (Å²) in [5.74, 6) is 0.556. The maximum atomic E-state index is 5.83. The molecule has 0 amide bonds. The Bertz CT molecular complexity index is 244. The van der Waals surface area contributed by atoms with E-state index in [1.165, 1.54) is 4.88 Å². The Morgan fingerprint density at radius 1 is 1.50 bits per heavy atom. The maximum Gasteiger partial charge on any atom is 0.0324 e. The third kappa shape index (κ3) is 3.78. The van der Waals surface area contributed by atoms with Crippen LogP contribution in [0.3, 0.4) is 0 Å². The zero-order valence-corrected chi connectivity index (χ0v) is 10.1. The first-order chi connectivity index (χ1) is 6.59. The van der Waals surface area contributed by atoms with Crippen molar-refractivity contribution in [2.45, 2.75) is 26.4 Å². The summed E-state index contributed by atoms with van der Waals surface area (Å²) in [7, 11) is 2.15. The maximum absolute atomic E-state index is 5.83. The monoisotopic (exact) mass is 212 g/mol. The van der Waals surface area contributed by atoms with Crippen LogP contribution >= 0.6 is 11.3 Å². The van der Waals surface area contributed by atoms with E-state index in [-0.39, 0.29) is 6.04 Å². The first-order valence-corrected chi connectivity index (χ1v) is 5.94. The summed E-state index contributed by atoms with van der Waals surface area (Å²) in [4.78, 5) is 3.75. The van der Waals surface area contributed by atoms with Gasteiger partial charge >= 0.3 is 0 Å². The van der Waals surface area contributed by atoms with Crippen molar-refractivity contribution >= 4 is 11.3 Å². The molecule has 1 aromatic heterocycles. The van der Waals surface area contributed by atoms with Crippen LogP contribution in [0.2, 0.25) is 0 Å². The third-order valence-corrected chi connectivity index (χ3v) is 3.36. The number of nitrogens with zero attached hydrogens (tertiary/aromatic N) is 1. The van der Waals surface area contributed by atoms with Crippen LogP contribution in [0.25, 0.3) is 0 Å². The molecule has 0 aliphatic heterocycles. The molecule has 0 fully saturated rings. The van der Waals surface area contributed by atoms with E-state index in [0.29, 0.717) is 5.92 Å². The molecule has 0 spiro atoms. The molecule has 2 atom stereocenters. The van der Waals surface area contributed by atoms with Gasteiger partial charge < -0.3 is 10.6 Å². The highest BCUT2D eigenvalue weighted by atomic mass is 32.1. The van der Waals surface area contributed by atoms with Gasteiger partial charge in [-0.15, -0.1) is 11.3 Å². The van der Waals surface area contributed by atoms with Crippen molar-refractivity contribution in [2.75, 3.05) is 13.6 Å². The Morgan fingerprint density at radius 2 is 2.21 bits per heavy atom. The highest BCUT2D eigenvalue weighted by Gasteiger charge is 2.10. The van der Waals surface area contributed by atoms with Crippen molar-refractivity contribution in [3.05, 3.63) is 22.4 Å². The van der Waals surface area contributed by atoms with Gasteiger partial charge in [0.15, 0.2) is 0 Å². The number of hydrogen-bond acceptors (Lipinski definition) is 3. The molecule has 2 N–H and O–H groups in total. The lowest BCUT2D eigenvalue weighted by Crippen LogP contribution is -2.33. The predicted octanol–water partition coefficient (Wildman–Crippen LogP) is 2.16. The summed E-state index contributed by atoms with van der Waals surface area (Å²) in [5, 5.41) is 2.12.